The topological polar surface area (TPSA) is 49.3 Å². The van der Waals surface area contributed by atoms with Gasteiger partial charge in [0.15, 0.2) is 10.6 Å². The van der Waals surface area contributed by atoms with Crippen molar-refractivity contribution in [2.45, 2.75) is 22.9 Å². The first kappa shape index (κ1) is 13.6. The van der Waals surface area contributed by atoms with Crippen LogP contribution in [0.1, 0.15) is 6.92 Å². The van der Waals surface area contributed by atoms with Crippen molar-refractivity contribution >= 4 is 52.3 Å². The van der Waals surface area contributed by atoms with Crippen LogP contribution >= 0.6 is 46.4 Å². The maximum atomic E-state index is 10.7. The van der Waals surface area contributed by atoms with Crippen LogP contribution in [0, 0.1) is 0 Å². The van der Waals surface area contributed by atoms with Crippen LogP contribution in [0.25, 0.3) is 0 Å². The monoisotopic (exact) mass is 267 g/mol. The molecule has 0 saturated carbocycles. The summed E-state index contributed by atoms with van der Waals surface area (Å²) in [5.74, 6) is -0.852. The van der Waals surface area contributed by atoms with Crippen LogP contribution < -0.4 is 5.32 Å². The van der Waals surface area contributed by atoms with Crippen molar-refractivity contribution in [3.05, 3.63) is 0 Å². The Morgan fingerprint density at radius 1 is 1.62 bits per heavy atom. The zero-order valence-corrected chi connectivity index (χ0v) is 9.75. The van der Waals surface area contributed by atoms with Crippen molar-refractivity contribution in [1.29, 1.82) is 0 Å². The van der Waals surface area contributed by atoms with Crippen molar-refractivity contribution in [2.24, 2.45) is 0 Å². The summed E-state index contributed by atoms with van der Waals surface area (Å²) in [5, 5.41) is 10.7. The fraction of sp³-hybridized carbons (Fsp3) is 0.833. The molecule has 0 aromatic heterocycles. The van der Waals surface area contributed by atoms with Gasteiger partial charge in [-0.3, -0.25) is 4.79 Å². The molecule has 0 aromatic rings. The summed E-state index contributed by atoms with van der Waals surface area (Å²) in [6, 6.07) is 0. The van der Waals surface area contributed by atoms with Gasteiger partial charge in [-0.15, -0.1) is 23.2 Å². The Balaban J connectivity index is 4.24. The average molecular weight is 269 g/mol. The van der Waals surface area contributed by atoms with Gasteiger partial charge in [-0.2, -0.15) is 0 Å². The molecule has 13 heavy (non-hydrogen) atoms. The van der Waals surface area contributed by atoms with Crippen LogP contribution in [0.15, 0.2) is 0 Å². The van der Waals surface area contributed by atoms with E-state index in [9.17, 15) is 9.90 Å². The molecule has 0 fully saturated rings. The molecule has 0 rings (SSSR count). The van der Waals surface area contributed by atoms with E-state index in [4.69, 9.17) is 46.4 Å². The molecule has 0 aliphatic carbocycles. The first-order valence-corrected chi connectivity index (χ1v) is 5.10. The summed E-state index contributed by atoms with van der Waals surface area (Å²) in [6.45, 7) is 1.50. The van der Waals surface area contributed by atoms with E-state index < -0.39 is 21.8 Å². The van der Waals surface area contributed by atoms with Gasteiger partial charge in [0.1, 0.15) is 5.88 Å². The number of aliphatic hydroxyl groups is 1. The first-order valence-electron chi connectivity index (χ1n) is 3.37. The maximum absolute atomic E-state index is 10.7. The second-order valence-corrected chi connectivity index (χ2v) is 4.76. The lowest BCUT2D eigenvalue weighted by molar-refractivity contribution is -0.121. The van der Waals surface area contributed by atoms with E-state index in [0.29, 0.717) is 0 Å². The van der Waals surface area contributed by atoms with Crippen LogP contribution in [-0.4, -0.2) is 32.8 Å². The molecule has 78 valence electrons. The van der Waals surface area contributed by atoms with Gasteiger partial charge < -0.3 is 10.4 Å². The quantitative estimate of drug-likeness (QED) is 0.599. The van der Waals surface area contributed by atoms with Crippen LogP contribution in [0.3, 0.4) is 0 Å². The standard InChI is InChI=1S/C6H9Cl4NO2/c1-3(8)6(9,10)5(13)11-4(12)2-7/h3,5,13H,2H2,1H3,(H,11,12)/t3-,5+/m1/s1. The van der Waals surface area contributed by atoms with Crippen LogP contribution in [0.5, 0.6) is 0 Å². The van der Waals surface area contributed by atoms with E-state index in [2.05, 4.69) is 5.32 Å². The van der Waals surface area contributed by atoms with E-state index in [1.165, 1.54) is 6.92 Å². The first-order chi connectivity index (χ1) is 5.82. The minimum atomic E-state index is -1.64. The van der Waals surface area contributed by atoms with Crippen molar-refractivity contribution in [3.8, 4) is 0 Å². The van der Waals surface area contributed by atoms with Gasteiger partial charge in [0.2, 0.25) is 5.91 Å². The Bertz CT molecular complexity index is 185. The highest BCUT2D eigenvalue weighted by Crippen LogP contribution is 2.31. The van der Waals surface area contributed by atoms with Gasteiger partial charge in [-0.05, 0) is 6.92 Å². The lowest BCUT2D eigenvalue weighted by Crippen LogP contribution is -2.50. The lowest BCUT2D eigenvalue weighted by Gasteiger charge is -2.28. The molecule has 0 radical (unpaired) electrons. The molecule has 0 bridgehead atoms. The molecule has 2 atom stereocenters. The van der Waals surface area contributed by atoms with Gasteiger partial charge in [-0.1, -0.05) is 23.2 Å². The summed E-state index contributed by atoms with van der Waals surface area (Å²) in [7, 11) is 0. The van der Waals surface area contributed by atoms with Gasteiger partial charge in [0, 0.05) is 0 Å². The molecule has 7 heteroatoms. The summed E-state index contributed by atoms with van der Waals surface area (Å²) >= 11 is 22.1. The summed E-state index contributed by atoms with van der Waals surface area (Å²) in [5.41, 5.74) is 0. The normalized spacial score (nSPS) is 16.5. The predicted octanol–water partition coefficient (Wildman–Crippen LogP) is 1.46. The van der Waals surface area contributed by atoms with E-state index >= 15 is 0 Å². The number of aliphatic hydroxyl groups excluding tert-OH is 1. The smallest absolute Gasteiger partial charge is 0.236 e. The molecule has 0 aliphatic rings. The number of carbonyl (C=O) groups is 1. The number of nitrogens with one attached hydrogen (secondary N) is 1. The Labute approximate surface area is 96.3 Å². The Morgan fingerprint density at radius 3 is 2.38 bits per heavy atom. The molecule has 1 amide bonds. The number of alkyl halides is 4. The number of hydrogen-bond acceptors (Lipinski definition) is 2. The minimum Gasteiger partial charge on any atom is -0.370 e. The van der Waals surface area contributed by atoms with Crippen LogP contribution in [0.2, 0.25) is 0 Å². The summed E-state index contributed by atoms with van der Waals surface area (Å²) < 4.78 is -1.64. The number of carbonyl (C=O) groups excluding carboxylic acids is 1. The van der Waals surface area contributed by atoms with E-state index in [0.717, 1.165) is 0 Å². The van der Waals surface area contributed by atoms with E-state index in [-0.39, 0.29) is 5.88 Å². The Morgan fingerprint density at radius 2 is 2.08 bits per heavy atom. The number of halogens is 4. The second kappa shape index (κ2) is 5.47. The molecule has 0 aromatic carbocycles. The zero-order valence-electron chi connectivity index (χ0n) is 6.73. The number of amides is 1. The lowest BCUT2D eigenvalue weighted by atomic mass is 10.3. The maximum Gasteiger partial charge on any atom is 0.236 e. The van der Waals surface area contributed by atoms with Crippen molar-refractivity contribution < 1.29 is 9.90 Å². The van der Waals surface area contributed by atoms with Crippen LogP contribution in [0.4, 0.5) is 0 Å². The fourth-order valence-corrected chi connectivity index (χ4v) is 0.810. The number of hydrogen-bond donors (Lipinski definition) is 2. The SMILES string of the molecule is C[C@@H](Cl)C(Cl)(Cl)[C@H](O)NC(=O)CCl. The highest BCUT2D eigenvalue weighted by molar-refractivity contribution is 6.52. The minimum absolute atomic E-state index is 0.280. The molecular weight excluding hydrogens is 260 g/mol. The third-order valence-electron chi connectivity index (χ3n) is 1.31. The van der Waals surface area contributed by atoms with Gasteiger partial charge in [0.05, 0.1) is 5.38 Å². The highest BCUT2D eigenvalue weighted by atomic mass is 35.5. The second-order valence-electron chi connectivity index (χ2n) is 2.39. The molecular formula is C6H9Cl4NO2. The van der Waals surface area contributed by atoms with Crippen molar-refractivity contribution in [3.63, 3.8) is 0 Å². The zero-order chi connectivity index (χ0) is 10.6. The molecule has 2 N–H and O–H groups in total. The summed E-state index contributed by atoms with van der Waals surface area (Å²) in [6.07, 6.45) is -1.45. The molecule has 0 heterocycles. The highest BCUT2D eigenvalue weighted by Gasteiger charge is 2.39. The molecule has 0 spiro atoms. The van der Waals surface area contributed by atoms with Crippen LogP contribution in [-0.2, 0) is 4.79 Å². The van der Waals surface area contributed by atoms with Gasteiger partial charge in [0.25, 0.3) is 0 Å². The largest absolute Gasteiger partial charge is 0.370 e. The predicted molar refractivity (Wildman–Crippen MR) is 54.6 cm³/mol. The van der Waals surface area contributed by atoms with Crippen molar-refractivity contribution in [2.75, 3.05) is 5.88 Å². The molecule has 0 aliphatic heterocycles. The molecule has 0 saturated heterocycles. The third-order valence-corrected chi connectivity index (χ3v) is 3.19. The number of rotatable bonds is 4. The summed E-state index contributed by atoms with van der Waals surface area (Å²) in [4.78, 5) is 10.7. The average Bonchev–Trinajstić information content (AvgIpc) is 2.03. The van der Waals surface area contributed by atoms with Gasteiger partial charge in [-0.25, -0.2) is 0 Å². The Hall–Kier alpha value is 0.590. The third kappa shape index (κ3) is 4.09. The molecule has 0 unspecified atom stereocenters. The molecule has 3 nitrogen and oxygen atoms in total. The van der Waals surface area contributed by atoms with E-state index in [1.807, 2.05) is 0 Å². The van der Waals surface area contributed by atoms with E-state index in [1.54, 1.807) is 0 Å². The van der Waals surface area contributed by atoms with Gasteiger partial charge >= 0.3 is 0 Å². The Kier molecular flexibility index (Phi) is 5.71. The van der Waals surface area contributed by atoms with Crippen molar-refractivity contribution in [1.82, 2.24) is 5.32 Å². The fourth-order valence-electron chi connectivity index (χ4n) is 0.505.